The summed E-state index contributed by atoms with van der Waals surface area (Å²) in [5.41, 5.74) is 0.400. The third kappa shape index (κ3) is 2.66. The molecule has 0 N–H and O–H groups in total. The van der Waals surface area contributed by atoms with Crippen molar-refractivity contribution in [3.8, 4) is 11.6 Å². The summed E-state index contributed by atoms with van der Waals surface area (Å²) in [5, 5.41) is 0. The smallest absolute Gasteiger partial charge is 0.219 e. The summed E-state index contributed by atoms with van der Waals surface area (Å²) in [6.07, 6.45) is 1.54. The van der Waals surface area contributed by atoms with Crippen LogP contribution in [-0.4, -0.2) is 10.8 Å². The molecule has 4 heteroatoms. The first-order valence-electron chi connectivity index (χ1n) is 5.06. The van der Waals surface area contributed by atoms with E-state index in [9.17, 15) is 9.18 Å². The molecule has 0 aliphatic rings. The minimum absolute atomic E-state index is 0.00333. The Morgan fingerprint density at radius 3 is 2.76 bits per heavy atom. The van der Waals surface area contributed by atoms with E-state index in [1.54, 1.807) is 24.4 Å². The molecule has 17 heavy (non-hydrogen) atoms. The first-order valence-corrected chi connectivity index (χ1v) is 5.06. The van der Waals surface area contributed by atoms with E-state index in [1.165, 1.54) is 25.1 Å². The number of pyridine rings is 1. The summed E-state index contributed by atoms with van der Waals surface area (Å²) in [6.45, 7) is 1.41. The highest BCUT2D eigenvalue weighted by atomic mass is 19.1. The largest absolute Gasteiger partial charge is 0.436 e. The Hall–Kier alpha value is -2.23. The van der Waals surface area contributed by atoms with Gasteiger partial charge in [0.15, 0.2) is 17.3 Å². The minimum Gasteiger partial charge on any atom is -0.436 e. The number of hydrogen-bond acceptors (Lipinski definition) is 3. The lowest BCUT2D eigenvalue weighted by Gasteiger charge is -2.06. The van der Waals surface area contributed by atoms with Crippen LogP contribution >= 0.6 is 0 Å². The fourth-order valence-electron chi connectivity index (χ4n) is 1.32. The summed E-state index contributed by atoms with van der Waals surface area (Å²) in [4.78, 5) is 15.1. The van der Waals surface area contributed by atoms with Crippen LogP contribution in [0.3, 0.4) is 0 Å². The molecule has 1 aromatic carbocycles. The number of rotatable bonds is 3. The lowest BCUT2D eigenvalue weighted by Crippen LogP contribution is -1.96. The van der Waals surface area contributed by atoms with E-state index in [0.29, 0.717) is 5.56 Å². The maximum Gasteiger partial charge on any atom is 0.219 e. The van der Waals surface area contributed by atoms with Gasteiger partial charge in [-0.05, 0) is 31.2 Å². The number of benzene rings is 1. The summed E-state index contributed by atoms with van der Waals surface area (Å²) in [7, 11) is 0. The topological polar surface area (TPSA) is 39.2 Å². The van der Waals surface area contributed by atoms with Crippen molar-refractivity contribution in [3.05, 3.63) is 54.0 Å². The average Bonchev–Trinajstić information content (AvgIpc) is 2.33. The normalized spacial score (nSPS) is 10.0. The van der Waals surface area contributed by atoms with Crippen molar-refractivity contribution < 1.29 is 13.9 Å². The van der Waals surface area contributed by atoms with Crippen LogP contribution < -0.4 is 4.74 Å². The average molecular weight is 231 g/mol. The fraction of sp³-hybridized carbons (Fsp3) is 0.0769. The van der Waals surface area contributed by atoms with Crippen LogP contribution in [0.2, 0.25) is 0 Å². The van der Waals surface area contributed by atoms with E-state index in [4.69, 9.17) is 4.74 Å². The lowest BCUT2D eigenvalue weighted by atomic mass is 10.1. The highest BCUT2D eigenvalue weighted by molar-refractivity contribution is 5.94. The first kappa shape index (κ1) is 11.3. The van der Waals surface area contributed by atoms with Gasteiger partial charge in [0.2, 0.25) is 5.88 Å². The van der Waals surface area contributed by atoms with Gasteiger partial charge in [-0.25, -0.2) is 9.37 Å². The van der Waals surface area contributed by atoms with Crippen LogP contribution in [-0.2, 0) is 0 Å². The Kier molecular flexibility index (Phi) is 3.14. The van der Waals surface area contributed by atoms with Gasteiger partial charge in [0.1, 0.15) is 0 Å². The molecule has 0 atom stereocenters. The fourth-order valence-corrected chi connectivity index (χ4v) is 1.32. The molecule has 1 aromatic heterocycles. The third-order valence-corrected chi connectivity index (χ3v) is 2.19. The number of hydrogen-bond donors (Lipinski definition) is 0. The zero-order valence-electron chi connectivity index (χ0n) is 9.18. The van der Waals surface area contributed by atoms with Gasteiger partial charge in [-0.2, -0.15) is 0 Å². The number of aromatic nitrogens is 1. The molecule has 0 radical (unpaired) electrons. The van der Waals surface area contributed by atoms with E-state index in [0.717, 1.165) is 0 Å². The predicted molar refractivity (Wildman–Crippen MR) is 60.7 cm³/mol. The van der Waals surface area contributed by atoms with Crippen LogP contribution in [0.25, 0.3) is 0 Å². The number of ketones is 1. The highest BCUT2D eigenvalue weighted by Gasteiger charge is 2.08. The van der Waals surface area contributed by atoms with E-state index in [2.05, 4.69) is 4.98 Å². The van der Waals surface area contributed by atoms with Crippen molar-refractivity contribution in [2.45, 2.75) is 6.92 Å². The Morgan fingerprint density at radius 2 is 2.12 bits per heavy atom. The summed E-state index contributed by atoms with van der Waals surface area (Å²) < 4.78 is 18.7. The van der Waals surface area contributed by atoms with Crippen molar-refractivity contribution in [2.24, 2.45) is 0 Å². The standard InChI is InChI=1S/C13H10FNO2/c1-9(16)10-5-6-11(14)12(8-10)17-13-4-2-3-7-15-13/h2-8H,1H3. The van der Waals surface area contributed by atoms with Crippen molar-refractivity contribution in [2.75, 3.05) is 0 Å². The van der Waals surface area contributed by atoms with Gasteiger partial charge in [0, 0.05) is 17.8 Å². The molecule has 0 amide bonds. The van der Waals surface area contributed by atoms with Gasteiger partial charge in [-0.15, -0.1) is 0 Å². The molecular formula is C13H10FNO2. The molecule has 2 rings (SSSR count). The first-order chi connectivity index (χ1) is 8.16. The van der Waals surface area contributed by atoms with Crippen molar-refractivity contribution >= 4 is 5.78 Å². The Morgan fingerprint density at radius 1 is 1.29 bits per heavy atom. The molecule has 0 saturated carbocycles. The number of carbonyl (C=O) groups excluding carboxylic acids is 1. The van der Waals surface area contributed by atoms with Crippen LogP contribution in [0.1, 0.15) is 17.3 Å². The van der Waals surface area contributed by atoms with Gasteiger partial charge in [-0.3, -0.25) is 4.79 Å². The Bertz CT molecular complexity index is 540. The van der Waals surface area contributed by atoms with Crippen molar-refractivity contribution in [3.63, 3.8) is 0 Å². The van der Waals surface area contributed by atoms with Crippen LogP contribution in [0.5, 0.6) is 11.6 Å². The second kappa shape index (κ2) is 4.74. The number of Topliss-reactive ketones (excluding diaryl/α,β-unsaturated/α-hetero) is 1. The highest BCUT2D eigenvalue weighted by Crippen LogP contribution is 2.24. The second-order valence-corrected chi connectivity index (χ2v) is 3.47. The molecule has 3 nitrogen and oxygen atoms in total. The molecule has 0 bridgehead atoms. The lowest BCUT2D eigenvalue weighted by molar-refractivity contribution is 0.101. The minimum atomic E-state index is -0.527. The predicted octanol–water partition coefficient (Wildman–Crippen LogP) is 3.22. The molecule has 0 saturated heterocycles. The SMILES string of the molecule is CC(=O)c1ccc(F)c(Oc2ccccn2)c1. The van der Waals surface area contributed by atoms with E-state index >= 15 is 0 Å². The number of carbonyl (C=O) groups is 1. The Balaban J connectivity index is 2.32. The van der Waals surface area contributed by atoms with Crippen LogP contribution in [0, 0.1) is 5.82 Å². The van der Waals surface area contributed by atoms with Gasteiger partial charge >= 0.3 is 0 Å². The third-order valence-electron chi connectivity index (χ3n) is 2.19. The molecule has 0 aliphatic heterocycles. The van der Waals surface area contributed by atoms with E-state index in [-0.39, 0.29) is 17.4 Å². The van der Waals surface area contributed by atoms with Crippen LogP contribution in [0.4, 0.5) is 4.39 Å². The maximum absolute atomic E-state index is 13.5. The second-order valence-electron chi connectivity index (χ2n) is 3.47. The molecule has 2 aromatic rings. The van der Waals surface area contributed by atoms with Gasteiger partial charge in [0.05, 0.1) is 0 Å². The summed E-state index contributed by atoms with van der Waals surface area (Å²) in [6, 6.07) is 9.06. The zero-order chi connectivity index (χ0) is 12.3. The van der Waals surface area contributed by atoms with Gasteiger partial charge in [-0.1, -0.05) is 6.07 Å². The van der Waals surface area contributed by atoms with Crippen molar-refractivity contribution in [1.29, 1.82) is 0 Å². The van der Waals surface area contributed by atoms with Crippen molar-refractivity contribution in [1.82, 2.24) is 4.98 Å². The summed E-state index contributed by atoms with van der Waals surface area (Å²) in [5.74, 6) is -0.389. The molecule has 86 valence electrons. The van der Waals surface area contributed by atoms with E-state index in [1.807, 2.05) is 0 Å². The molecule has 0 spiro atoms. The maximum atomic E-state index is 13.5. The summed E-state index contributed by atoms with van der Waals surface area (Å²) >= 11 is 0. The van der Waals surface area contributed by atoms with Crippen LogP contribution in [0.15, 0.2) is 42.6 Å². The van der Waals surface area contributed by atoms with E-state index < -0.39 is 5.82 Å². The zero-order valence-corrected chi connectivity index (χ0v) is 9.18. The molecular weight excluding hydrogens is 221 g/mol. The van der Waals surface area contributed by atoms with Gasteiger partial charge in [0.25, 0.3) is 0 Å². The molecule has 0 unspecified atom stereocenters. The number of halogens is 1. The Labute approximate surface area is 97.9 Å². The molecule has 0 aliphatic carbocycles. The number of ether oxygens (including phenoxy) is 1. The molecule has 0 fully saturated rings. The number of nitrogens with zero attached hydrogens (tertiary/aromatic N) is 1. The molecule has 1 heterocycles. The quantitative estimate of drug-likeness (QED) is 0.761. The monoisotopic (exact) mass is 231 g/mol. The van der Waals surface area contributed by atoms with Gasteiger partial charge < -0.3 is 4.74 Å².